The van der Waals surface area contributed by atoms with Crippen LogP contribution in [0.15, 0.2) is 24.3 Å². The van der Waals surface area contributed by atoms with Gasteiger partial charge in [0.2, 0.25) is 0 Å². The molecule has 0 atom stereocenters. The largest absolute Gasteiger partial charge is 0.405 e. The summed E-state index contributed by atoms with van der Waals surface area (Å²) in [4.78, 5) is 11.3. The lowest BCUT2D eigenvalue weighted by Crippen LogP contribution is -2.34. The third-order valence-corrected chi connectivity index (χ3v) is 1.84. The second-order valence-electron chi connectivity index (χ2n) is 3.11. The van der Waals surface area contributed by atoms with Crippen molar-refractivity contribution in [1.82, 2.24) is 5.32 Å². The van der Waals surface area contributed by atoms with Crippen LogP contribution >= 0.6 is 0 Å². The standard InChI is InChI=1S/C10H10F3NO/c1-7-4-2-3-5-8(7)9(15)14-6-10(11,12)13/h2-5H,6H2,1H3,(H,14,15). The van der Waals surface area contributed by atoms with Gasteiger partial charge in [-0.05, 0) is 18.6 Å². The van der Waals surface area contributed by atoms with Crippen molar-refractivity contribution >= 4 is 5.91 Å². The van der Waals surface area contributed by atoms with Crippen molar-refractivity contribution in [3.8, 4) is 0 Å². The van der Waals surface area contributed by atoms with Gasteiger partial charge in [0.05, 0.1) is 0 Å². The third kappa shape index (κ3) is 3.61. The van der Waals surface area contributed by atoms with E-state index in [4.69, 9.17) is 0 Å². The minimum atomic E-state index is -4.38. The van der Waals surface area contributed by atoms with Crippen molar-refractivity contribution in [1.29, 1.82) is 0 Å². The van der Waals surface area contributed by atoms with Crippen molar-refractivity contribution < 1.29 is 18.0 Å². The Hall–Kier alpha value is -1.52. The fourth-order valence-electron chi connectivity index (χ4n) is 1.10. The summed E-state index contributed by atoms with van der Waals surface area (Å²) >= 11 is 0. The highest BCUT2D eigenvalue weighted by Gasteiger charge is 2.27. The first kappa shape index (κ1) is 11.6. The second-order valence-corrected chi connectivity index (χ2v) is 3.11. The molecule has 0 bridgehead atoms. The number of aryl methyl sites for hydroxylation is 1. The van der Waals surface area contributed by atoms with Crippen LogP contribution in [0.25, 0.3) is 0 Å². The molecule has 0 fully saturated rings. The van der Waals surface area contributed by atoms with Crippen LogP contribution in [0, 0.1) is 6.92 Å². The smallest absolute Gasteiger partial charge is 0.343 e. The Morgan fingerprint density at radius 2 is 1.93 bits per heavy atom. The van der Waals surface area contributed by atoms with Crippen molar-refractivity contribution in [2.75, 3.05) is 6.54 Å². The Kier molecular flexibility index (Phi) is 3.34. The summed E-state index contributed by atoms with van der Waals surface area (Å²) in [5, 5.41) is 1.82. The molecule has 0 radical (unpaired) electrons. The van der Waals surface area contributed by atoms with Gasteiger partial charge in [0.25, 0.3) is 5.91 Å². The van der Waals surface area contributed by atoms with Crippen LogP contribution in [0.5, 0.6) is 0 Å². The maximum absolute atomic E-state index is 11.8. The van der Waals surface area contributed by atoms with Gasteiger partial charge in [-0.2, -0.15) is 13.2 Å². The molecule has 1 N–H and O–H groups in total. The summed E-state index contributed by atoms with van der Waals surface area (Å²) in [6.45, 7) is 0.364. The number of carbonyl (C=O) groups is 1. The Morgan fingerprint density at radius 3 is 2.47 bits per heavy atom. The summed E-state index contributed by atoms with van der Waals surface area (Å²) < 4.78 is 35.5. The summed E-state index contributed by atoms with van der Waals surface area (Å²) in [6, 6.07) is 6.48. The van der Waals surface area contributed by atoms with E-state index in [1.807, 2.05) is 5.32 Å². The molecule has 1 rings (SSSR count). The number of nitrogens with one attached hydrogen (secondary N) is 1. The molecule has 15 heavy (non-hydrogen) atoms. The minimum Gasteiger partial charge on any atom is -0.343 e. The van der Waals surface area contributed by atoms with E-state index < -0.39 is 18.6 Å². The highest BCUT2D eigenvalue weighted by atomic mass is 19.4. The molecule has 0 unspecified atom stereocenters. The highest BCUT2D eigenvalue weighted by molar-refractivity contribution is 5.95. The summed E-state index contributed by atoms with van der Waals surface area (Å²) in [5.41, 5.74) is 0.916. The predicted molar refractivity (Wildman–Crippen MR) is 49.6 cm³/mol. The topological polar surface area (TPSA) is 29.1 Å². The maximum atomic E-state index is 11.8. The van der Waals surface area contributed by atoms with Gasteiger partial charge in [-0.3, -0.25) is 4.79 Å². The van der Waals surface area contributed by atoms with Gasteiger partial charge in [-0.15, -0.1) is 0 Å². The Labute approximate surface area is 85.1 Å². The van der Waals surface area contributed by atoms with Crippen molar-refractivity contribution in [2.24, 2.45) is 0 Å². The van der Waals surface area contributed by atoms with Crippen LogP contribution in [0.3, 0.4) is 0 Å². The number of halogens is 3. The number of benzene rings is 1. The van der Waals surface area contributed by atoms with Gasteiger partial charge < -0.3 is 5.32 Å². The van der Waals surface area contributed by atoms with Gasteiger partial charge in [-0.25, -0.2) is 0 Å². The summed E-state index contributed by atoms with van der Waals surface area (Å²) in [5.74, 6) is -0.703. The van der Waals surface area contributed by atoms with E-state index in [-0.39, 0.29) is 5.56 Å². The zero-order valence-electron chi connectivity index (χ0n) is 8.06. The molecule has 2 nitrogen and oxygen atoms in total. The van der Waals surface area contributed by atoms with E-state index in [0.29, 0.717) is 5.56 Å². The molecule has 0 heterocycles. The number of alkyl halides is 3. The first-order valence-electron chi connectivity index (χ1n) is 4.31. The molecule has 0 aliphatic carbocycles. The predicted octanol–water partition coefficient (Wildman–Crippen LogP) is 2.29. The summed E-state index contributed by atoms with van der Waals surface area (Å²) in [7, 11) is 0. The normalized spacial score (nSPS) is 11.2. The average Bonchev–Trinajstić information content (AvgIpc) is 2.14. The fourth-order valence-corrected chi connectivity index (χ4v) is 1.10. The molecule has 82 valence electrons. The van der Waals surface area contributed by atoms with Crippen LogP contribution in [0.4, 0.5) is 13.2 Å². The van der Waals surface area contributed by atoms with Crippen LogP contribution in [0.2, 0.25) is 0 Å². The first-order chi connectivity index (χ1) is 6.90. The van der Waals surface area contributed by atoms with Crippen molar-refractivity contribution in [2.45, 2.75) is 13.1 Å². The third-order valence-electron chi connectivity index (χ3n) is 1.84. The molecule has 0 aliphatic rings. The second kappa shape index (κ2) is 4.33. The molecule has 1 amide bonds. The average molecular weight is 217 g/mol. The number of hydrogen-bond acceptors (Lipinski definition) is 1. The SMILES string of the molecule is Cc1ccccc1C(=O)NCC(F)(F)F. The molecule has 0 aromatic heterocycles. The van der Waals surface area contributed by atoms with Gasteiger partial charge in [-0.1, -0.05) is 18.2 Å². The number of rotatable bonds is 2. The minimum absolute atomic E-state index is 0.266. The van der Waals surface area contributed by atoms with Crippen molar-refractivity contribution in [3.05, 3.63) is 35.4 Å². The van der Waals surface area contributed by atoms with Gasteiger partial charge >= 0.3 is 6.18 Å². The van der Waals surface area contributed by atoms with E-state index in [1.165, 1.54) is 6.07 Å². The molecular formula is C10H10F3NO. The molecule has 0 saturated heterocycles. The van der Waals surface area contributed by atoms with E-state index >= 15 is 0 Å². The molecule has 0 aliphatic heterocycles. The van der Waals surface area contributed by atoms with Crippen LogP contribution in [-0.4, -0.2) is 18.6 Å². The maximum Gasteiger partial charge on any atom is 0.405 e. The Balaban J connectivity index is 2.66. The monoisotopic (exact) mass is 217 g/mol. The molecule has 0 saturated carbocycles. The molecule has 1 aromatic rings. The van der Waals surface area contributed by atoms with E-state index in [1.54, 1.807) is 25.1 Å². The zero-order valence-corrected chi connectivity index (χ0v) is 8.06. The molecule has 1 aromatic carbocycles. The lowest BCUT2D eigenvalue weighted by molar-refractivity contribution is -0.123. The van der Waals surface area contributed by atoms with Crippen molar-refractivity contribution in [3.63, 3.8) is 0 Å². The number of amides is 1. The lowest BCUT2D eigenvalue weighted by Gasteiger charge is -2.09. The molecule has 5 heteroatoms. The van der Waals surface area contributed by atoms with Crippen LogP contribution in [0.1, 0.15) is 15.9 Å². The summed E-state index contributed by atoms with van der Waals surface area (Å²) in [6.07, 6.45) is -4.38. The van der Waals surface area contributed by atoms with E-state index in [2.05, 4.69) is 0 Å². The first-order valence-corrected chi connectivity index (χ1v) is 4.31. The quantitative estimate of drug-likeness (QED) is 0.809. The lowest BCUT2D eigenvalue weighted by atomic mass is 10.1. The molecular weight excluding hydrogens is 207 g/mol. The van der Waals surface area contributed by atoms with Gasteiger partial charge in [0.15, 0.2) is 0 Å². The Bertz CT molecular complexity index is 360. The Morgan fingerprint density at radius 1 is 1.33 bits per heavy atom. The van der Waals surface area contributed by atoms with Gasteiger partial charge in [0, 0.05) is 5.56 Å². The fraction of sp³-hybridized carbons (Fsp3) is 0.300. The van der Waals surface area contributed by atoms with E-state index in [9.17, 15) is 18.0 Å². The van der Waals surface area contributed by atoms with Gasteiger partial charge in [0.1, 0.15) is 6.54 Å². The molecule has 0 spiro atoms. The highest BCUT2D eigenvalue weighted by Crippen LogP contribution is 2.13. The number of hydrogen-bond donors (Lipinski definition) is 1. The zero-order chi connectivity index (χ0) is 11.5. The number of carbonyl (C=O) groups excluding carboxylic acids is 1. The van der Waals surface area contributed by atoms with Crippen LogP contribution in [-0.2, 0) is 0 Å². The van der Waals surface area contributed by atoms with E-state index in [0.717, 1.165) is 0 Å². The van der Waals surface area contributed by atoms with Crippen LogP contribution < -0.4 is 5.32 Å².